The van der Waals surface area contributed by atoms with Crippen molar-refractivity contribution in [3.05, 3.63) is 62.2 Å². The minimum Gasteiger partial charge on any atom is -0.460 e. The number of hydrogen-bond donors (Lipinski definition) is 1. The minimum absolute atomic E-state index is 0.169. The first-order valence-corrected chi connectivity index (χ1v) is 12.2. The van der Waals surface area contributed by atoms with Crippen LogP contribution in [0.25, 0.3) is 22.3 Å². The molecule has 0 bridgehead atoms. The van der Waals surface area contributed by atoms with Gasteiger partial charge in [0.25, 0.3) is 5.56 Å². The number of nitrogens with zero attached hydrogens (tertiary/aromatic N) is 3. The van der Waals surface area contributed by atoms with Gasteiger partial charge in [-0.2, -0.15) is 0 Å². The molecule has 8 heteroatoms. The Hall–Kier alpha value is -3.10. The van der Waals surface area contributed by atoms with Gasteiger partial charge in [0.2, 0.25) is 0 Å². The number of hydrogen-bond acceptors (Lipinski definition) is 6. The third kappa shape index (κ3) is 3.67. The summed E-state index contributed by atoms with van der Waals surface area (Å²) in [5.74, 6) is -0.862. The van der Waals surface area contributed by atoms with Gasteiger partial charge in [-0.05, 0) is 55.3 Å². The number of carbonyl (C=O) groups is 1. The second-order valence-corrected chi connectivity index (χ2v) is 9.53. The van der Waals surface area contributed by atoms with Gasteiger partial charge in [0, 0.05) is 23.6 Å². The summed E-state index contributed by atoms with van der Waals surface area (Å²) >= 11 is 0. The van der Waals surface area contributed by atoms with Crippen molar-refractivity contribution in [3.63, 3.8) is 0 Å². The van der Waals surface area contributed by atoms with E-state index >= 15 is 0 Å². The van der Waals surface area contributed by atoms with Crippen LogP contribution in [0.1, 0.15) is 61.4 Å². The van der Waals surface area contributed by atoms with Gasteiger partial charge < -0.3 is 14.4 Å². The van der Waals surface area contributed by atoms with Crippen LogP contribution in [0.3, 0.4) is 0 Å². The first-order chi connectivity index (χ1) is 16.7. The molecule has 35 heavy (non-hydrogen) atoms. The van der Waals surface area contributed by atoms with Gasteiger partial charge >= 0.3 is 5.97 Å². The molecule has 4 heterocycles. The first kappa shape index (κ1) is 23.6. The van der Waals surface area contributed by atoms with Crippen LogP contribution in [-0.4, -0.2) is 38.6 Å². The van der Waals surface area contributed by atoms with E-state index in [1.807, 2.05) is 6.07 Å². The average molecular weight is 480 g/mol. The second kappa shape index (κ2) is 8.53. The van der Waals surface area contributed by atoms with Gasteiger partial charge in [-0.3, -0.25) is 14.5 Å². The summed E-state index contributed by atoms with van der Waals surface area (Å²) in [6.45, 7) is 10.2. The van der Waals surface area contributed by atoms with E-state index in [0.29, 0.717) is 46.7 Å². The Morgan fingerprint density at radius 1 is 1.17 bits per heavy atom. The Morgan fingerprint density at radius 2 is 1.91 bits per heavy atom. The molecule has 0 saturated carbocycles. The third-order valence-electron chi connectivity index (χ3n) is 7.62. The fourth-order valence-electron chi connectivity index (χ4n) is 5.34. The van der Waals surface area contributed by atoms with Crippen LogP contribution in [0.2, 0.25) is 0 Å². The molecule has 3 aromatic rings. The van der Waals surface area contributed by atoms with Gasteiger partial charge in [0.05, 0.1) is 35.4 Å². The Labute approximate surface area is 203 Å². The zero-order valence-corrected chi connectivity index (χ0v) is 20.6. The highest BCUT2D eigenvalue weighted by atomic mass is 19.1. The summed E-state index contributed by atoms with van der Waals surface area (Å²) in [5, 5.41) is 12.2. The predicted molar refractivity (Wildman–Crippen MR) is 130 cm³/mol. The molecule has 1 aromatic carbocycles. The number of carbonyl (C=O) groups excluding carboxylic acids is 1. The fourth-order valence-corrected chi connectivity index (χ4v) is 5.34. The molecule has 0 fully saturated rings. The van der Waals surface area contributed by atoms with Crippen LogP contribution >= 0.6 is 0 Å². The number of aliphatic hydroxyl groups is 1. The fraction of sp³-hybridized carbons (Fsp3) is 0.444. The largest absolute Gasteiger partial charge is 0.460 e. The van der Waals surface area contributed by atoms with E-state index in [1.54, 1.807) is 24.5 Å². The van der Waals surface area contributed by atoms with Crippen molar-refractivity contribution in [2.24, 2.45) is 0 Å². The van der Waals surface area contributed by atoms with Crippen LogP contribution in [0.5, 0.6) is 0 Å². The van der Waals surface area contributed by atoms with Crippen molar-refractivity contribution in [2.45, 2.75) is 65.8 Å². The zero-order chi connectivity index (χ0) is 25.1. The van der Waals surface area contributed by atoms with E-state index < -0.39 is 11.6 Å². The zero-order valence-electron chi connectivity index (χ0n) is 20.6. The lowest BCUT2D eigenvalue weighted by molar-refractivity contribution is -0.149. The number of fused-ring (bicyclic) bond motifs is 5. The molecular formula is C27H30FN3O4. The number of aryl methyl sites for hydroxylation is 1. The molecule has 184 valence electrons. The molecule has 2 aliphatic heterocycles. The maximum Gasteiger partial charge on any atom is 0.309 e. The highest BCUT2D eigenvalue weighted by molar-refractivity contribution is 5.88. The lowest BCUT2D eigenvalue weighted by Crippen LogP contribution is -2.32. The van der Waals surface area contributed by atoms with Crippen LogP contribution in [-0.2, 0) is 34.8 Å². The maximum atomic E-state index is 14.6. The quantitative estimate of drug-likeness (QED) is 0.439. The minimum atomic E-state index is -1.50. The van der Waals surface area contributed by atoms with Crippen LogP contribution in [0.15, 0.2) is 23.0 Å². The normalized spacial score (nSPS) is 18.9. The SMILES string of the molecule is CCN(CC)Cc1c2c(nc3cc(F)c(C)cc13)-c1cc3c(c(=O)n1C2)COC(=O)CC3(O)CC. The van der Waals surface area contributed by atoms with E-state index in [9.17, 15) is 19.1 Å². The molecule has 2 aromatic heterocycles. The van der Waals surface area contributed by atoms with E-state index in [0.717, 1.165) is 29.6 Å². The van der Waals surface area contributed by atoms with Crippen molar-refractivity contribution >= 4 is 16.9 Å². The number of esters is 1. The molecule has 2 aliphatic rings. The topological polar surface area (TPSA) is 84.7 Å². The van der Waals surface area contributed by atoms with Gasteiger partial charge in [0.15, 0.2) is 0 Å². The number of cyclic esters (lactones) is 1. The van der Waals surface area contributed by atoms with Crippen molar-refractivity contribution in [3.8, 4) is 11.4 Å². The molecule has 1 N–H and O–H groups in total. The van der Waals surface area contributed by atoms with Crippen LogP contribution in [0, 0.1) is 12.7 Å². The number of aromatic nitrogens is 2. The highest BCUT2D eigenvalue weighted by Gasteiger charge is 2.39. The third-order valence-corrected chi connectivity index (χ3v) is 7.62. The second-order valence-electron chi connectivity index (χ2n) is 9.53. The number of pyridine rings is 2. The first-order valence-electron chi connectivity index (χ1n) is 12.2. The van der Waals surface area contributed by atoms with Gasteiger partial charge in [-0.15, -0.1) is 0 Å². The van der Waals surface area contributed by atoms with E-state index in [2.05, 4.69) is 18.7 Å². The Kier molecular flexibility index (Phi) is 5.76. The number of rotatable bonds is 5. The van der Waals surface area contributed by atoms with E-state index in [-0.39, 0.29) is 30.8 Å². The van der Waals surface area contributed by atoms with Crippen molar-refractivity contribution in [1.29, 1.82) is 0 Å². The molecule has 7 nitrogen and oxygen atoms in total. The lowest BCUT2D eigenvalue weighted by atomic mass is 9.85. The Bertz CT molecular complexity index is 1430. The number of benzene rings is 1. The van der Waals surface area contributed by atoms with Crippen molar-refractivity contribution in [1.82, 2.24) is 14.5 Å². The van der Waals surface area contributed by atoms with Crippen LogP contribution < -0.4 is 5.56 Å². The average Bonchev–Trinajstić information content (AvgIpc) is 3.14. The summed E-state index contributed by atoms with van der Waals surface area (Å²) in [5.41, 5.74) is 3.18. The van der Waals surface area contributed by atoms with Gasteiger partial charge in [-0.25, -0.2) is 9.37 Å². The van der Waals surface area contributed by atoms with Crippen molar-refractivity contribution < 1.29 is 19.0 Å². The summed E-state index contributed by atoms with van der Waals surface area (Å²) in [6, 6.07) is 5.07. The smallest absolute Gasteiger partial charge is 0.309 e. The number of halogens is 1. The van der Waals surface area contributed by atoms with Gasteiger partial charge in [0.1, 0.15) is 18.0 Å². The van der Waals surface area contributed by atoms with E-state index in [4.69, 9.17) is 9.72 Å². The number of ether oxygens (including phenoxy) is 1. The molecule has 0 amide bonds. The van der Waals surface area contributed by atoms with Crippen LogP contribution in [0.4, 0.5) is 4.39 Å². The molecule has 0 saturated heterocycles. The predicted octanol–water partition coefficient (Wildman–Crippen LogP) is 3.76. The molecule has 5 rings (SSSR count). The summed E-state index contributed by atoms with van der Waals surface area (Å²) in [6.07, 6.45) is 0.0444. The lowest BCUT2D eigenvalue weighted by Gasteiger charge is -2.26. The van der Waals surface area contributed by atoms with Gasteiger partial charge in [-0.1, -0.05) is 20.8 Å². The molecule has 1 atom stereocenters. The molecule has 0 spiro atoms. The monoisotopic (exact) mass is 479 g/mol. The maximum absolute atomic E-state index is 14.6. The standard InChI is InChI=1S/C27H30FN3O4/c1-5-27(34)11-24(32)35-14-19-20(27)9-23-25-18(13-31(23)26(19)33)17(12-30(6-2)7-3)16-8-15(4)21(28)10-22(16)29-25/h8-10,34H,5-7,11-14H2,1-4H3. The molecule has 1 unspecified atom stereocenters. The Morgan fingerprint density at radius 3 is 2.60 bits per heavy atom. The van der Waals surface area contributed by atoms with Crippen molar-refractivity contribution in [2.75, 3.05) is 13.1 Å². The summed E-state index contributed by atoms with van der Waals surface area (Å²) < 4.78 is 21.5. The molecular weight excluding hydrogens is 449 g/mol. The Balaban J connectivity index is 1.80. The molecule has 0 radical (unpaired) electrons. The summed E-state index contributed by atoms with van der Waals surface area (Å²) in [7, 11) is 0. The van der Waals surface area contributed by atoms with E-state index in [1.165, 1.54) is 6.07 Å². The highest BCUT2D eigenvalue weighted by Crippen LogP contribution is 2.41. The molecule has 0 aliphatic carbocycles. The summed E-state index contributed by atoms with van der Waals surface area (Å²) in [4.78, 5) is 32.9.